The Morgan fingerprint density at radius 2 is 2.09 bits per heavy atom. The Morgan fingerprint density at radius 3 is 2.74 bits per heavy atom. The molecule has 0 aliphatic carbocycles. The molecule has 1 aromatic carbocycles. The zero-order chi connectivity index (χ0) is 16.8. The second-order valence-electron chi connectivity index (χ2n) is 5.51. The van der Waals surface area contributed by atoms with Gasteiger partial charge < -0.3 is 10.0 Å². The van der Waals surface area contributed by atoms with Gasteiger partial charge in [-0.25, -0.2) is 9.78 Å². The highest BCUT2D eigenvalue weighted by Gasteiger charge is 2.16. The van der Waals surface area contributed by atoms with Crippen LogP contribution in [0.25, 0.3) is 0 Å². The molecule has 2 aromatic rings. The predicted octanol–water partition coefficient (Wildman–Crippen LogP) is 3.04. The number of hydrogen-bond acceptors (Lipinski definition) is 4. The molecule has 0 spiro atoms. The molecular weight excluding hydrogens is 312 g/mol. The first-order chi connectivity index (χ1) is 11.0. The number of carboxylic acid groups (broad SMARTS) is 1. The Labute approximate surface area is 139 Å². The number of aryl methyl sites for hydroxylation is 1. The summed E-state index contributed by atoms with van der Waals surface area (Å²) in [6.07, 6.45) is 2.49. The summed E-state index contributed by atoms with van der Waals surface area (Å²) in [5.74, 6) is -0.761. The molecule has 2 rings (SSSR count). The van der Waals surface area contributed by atoms with Gasteiger partial charge in [0.15, 0.2) is 0 Å². The Kier molecular flexibility index (Phi) is 5.87. The van der Waals surface area contributed by atoms with Crippen molar-refractivity contribution in [1.29, 1.82) is 0 Å². The van der Waals surface area contributed by atoms with Crippen LogP contribution in [0.5, 0.6) is 0 Å². The van der Waals surface area contributed by atoms with Crippen LogP contribution in [0.15, 0.2) is 35.8 Å². The SMILES string of the molecule is CC(CN(C)C(=O)CCc1ccccc1C(=O)O)c1nccs1. The van der Waals surface area contributed by atoms with Crippen molar-refractivity contribution in [2.75, 3.05) is 13.6 Å². The van der Waals surface area contributed by atoms with E-state index in [1.54, 1.807) is 53.7 Å². The van der Waals surface area contributed by atoms with Crippen molar-refractivity contribution in [3.63, 3.8) is 0 Å². The zero-order valence-electron chi connectivity index (χ0n) is 13.2. The quantitative estimate of drug-likeness (QED) is 0.846. The zero-order valence-corrected chi connectivity index (χ0v) is 14.0. The van der Waals surface area contributed by atoms with Crippen molar-refractivity contribution in [3.8, 4) is 0 Å². The van der Waals surface area contributed by atoms with E-state index in [4.69, 9.17) is 5.11 Å². The smallest absolute Gasteiger partial charge is 0.335 e. The van der Waals surface area contributed by atoms with Crippen LogP contribution in [0, 0.1) is 0 Å². The Hall–Kier alpha value is -2.21. The van der Waals surface area contributed by atoms with Gasteiger partial charge in [-0.05, 0) is 18.1 Å². The molecule has 5 nitrogen and oxygen atoms in total. The largest absolute Gasteiger partial charge is 0.478 e. The Balaban J connectivity index is 1.91. The molecule has 1 heterocycles. The van der Waals surface area contributed by atoms with Gasteiger partial charge in [0.05, 0.1) is 10.6 Å². The lowest BCUT2D eigenvalue weighted by Gasteiger charge is -2.20. The van der Waals surface area contributed by atoms with Crippen LogP contribution in [0.4, 0.5) is 0 Å². The fraction of sp³-hybridized carbons (Fsp3) is 0.353. The lowest BCUT2D eigenvalue weighted by atomic mass is 10.0. The van der Waals surface area contributed by atoms with Crippen LogP contribution in [-0.2, 0) is 11.2 Å². The maximum atomic E-state index is 12.3. The summed E-state index contributed by atoms with van der Waals surface area (Å²) < 4.78 is 0. The number of carbonyl (C=O) groups is 2. The van der Waals surface area contributed by atoms with Gasteiger partial charge in [0.2, 0.25) is 5.91 Å². The Morgan fingerprint density at radius 1 is 1.35 bits per heavy atom. The van der Waals surface area contributed by atoms with Crippen LogP contribution >= 0.6 is 11.3 Å². The normalized spacial score (nSPS) is 11.9. The molecule has 0 radical (unpaired) electrons. The number of amides is 1. The topological polar surface area (TPSA) is 70.5 Å². The molecule has 1 atom stereocenters. The monoisotopic (exact) mass is 332 g/mol. The fourth-order valence-electron chi connectivity index (χ4n) is 2.45. The molecule has 1 aromatic heterocycles. The molecule has 23 heavy (non-hydrogen) atoms. The highest BCUT2D eigenvalue weighted by molar-refractivity contribution is 7.09. The minimum absolute atomic E-state index is 0.00796. The number of benzene rings is 1. The number of hydrogen-bond donors (Lipinski definition) is 1. The second-order valence-corrected chi connectivity index (χ2v) is 6.43. The standard InChI is InChI=1S/C17H20N2O3S/c1-12(16-18-9-10-23-16)11-19(2)15(20)8-7-13-5-3-4-6-14(13)17(21)22/h3-6,9-10,12H,7-8,11H2,1-2H3,(H,21,22). The summed E-state index contributed by atoms with van der Waals surface area (Å²) >= 11 is 1.59. The number of carbonyl (C=O) groups excluding carboxylic acids is 1. The fourth-order valence-corrected chi connectivity index (χ4v) is 3.14. The van der Waals surface area contributed by atoms with Gasteiger partial charge in [0.25, 0.3) is 0 Å². The molecule has 0 fully saturated rings. The molecule has 0 saturated carbocycles. The number of nitrogens with zero attached hydrogens (tertiary/aromatic N) is 2. The molecule has 0 bridgehead atoms. The van der Waals surface area contributed by atoms with E-state index in [1.165, 1.54) is 0 Å². The van der Waals surface area contributed by atoms with Crippen LogP contribution < -0.4 is 0 Å². The lowest BCUT2D eigenvalue weighted by molar-refractivity contribution is -0.130. The van der Waals surface area contributed by atoms with Crippen molar-refractivity contribution in [2.24, 2.45) is 0 Å². The highest BCUT2D eigenvalue weighted by atomic mass is 32.1. The third-order valence-corrected chi connectivity index (χ3v) is 4.71. The van der Waals surface area contributed by atoms with Crippen molar-refractivity contribution in [3.05, 3.63) is 52.0 Å². The lowest BCUT2D eigenvalue weighted by Crippen LogP contribution is -2.30. The van der Waals surface area contributed by atoms with Crippen LogP contribution in [0.3, 0.4) is 0 Å². The van der Waals surface area contributed by atoms with Gasteiger partial charge in [-0.15, -0.1) is 11.3 Å². The van der Waals surface area contributed by atoms with Crippen LogP contribution in [0.1, 0.15) is 40.2 Å². The molecular formula is C17H20N2O3S. The maximum Gasteiger partial charge on any atom is 0.335 e. The van der Waals surface area contributed by atoms with Gasteiger partial charge in [0.1, 0.15) is 0 Å². The van der Waals surface area contributed by atoms with Crippen LogP contribution in [0.2, 0.25) is 0 Å². The summed E-state index contributed by atoms with van der Waals surface area (Å²) in [6.45, 7) is 2.65. The maximum absolute atomic E-state index is 12.3. The van der Waals surface area contributed by atoms with Crippen molar-refractivity contribution in [1.82, 2.24) is 9.88 Å². The van der Waals surface area contributed by atoms with Crippen molar-refractivity contribution >= 4 is 23.2 Å². The number of aromatic nitrogens is 1. The molecule has 0 saturated heterocycles. The van der Waals surface area contributed by atoms with Gasteiger partial charge >= 0.3 is 5.97 Å². The van der Waals surface area contributed by atoms with E-state index in [9.17, 15) is 9.59 Å². The van der Waals surface area contributed by atoms with E-state index < -0.39 is 5.97 Å². The minimum Gasteiger partial charge on any atom is -0.478 e. The van der Waals surface area contributed by atoms with E-state index in [1.807, 2.05) is 12.3 Å². The summed E-state index contributed by atoms with van der Waals surface area (Å²) in [6, 6.07) is 6.81. The molecule has 122 valence electrons. The molecule has 1 amide bonds. The summed E-state index contributed by atoms with van der Waals surface area (Å²) in [7, 11) is 1.77. The summed E-state index contributed by atoms with van der Waals surface area (Å²) in [4.78, 5) is 29.4. The van der Waals surface area contributed by atoms with E-state index >= 15 is 0 Å². The van der Waals surface area contributed by atoms with E-state index in [-0.39, 0.29) is 17.4 Å². The van der Waals surface area contributed by atoms with E-state index in [2.05, 4.69) is 4.98 Å². The first-order valence-electron chi connectivity index (χ1n) is 7.43. The second kappa shape index (κ2) is 7.87. The number of aromatic carboxylic acids is 1. The first kappa shape index (κ1) is 17.1. The summed E-state index contributed by atoms with van der Waals surface area (Å²) in [5, 5.41) is 12.1. The van der Waals surface area contributed by atoms with E-state index in [0.717, 1.165) is 5.01 Å². The molecule has 0 aliphatic heterocycles. The third-order valence-electron chi connectivity index (χ3n) is 3.70. The van der Waals surface area contributed by atoms with E-state index in [0.29, 0.717) is 24.9 Å². The number of thiazole rings is 1. The van der Waals surface area contributed by atoms with Crippen molar-refractivity contribution in [2.45, 2.75) is 25.7 Å². The average molecular weight is 332 g/mol. The van der Waals surface area contributed by atoms with Gasteiger partial charge in [-0.2, -0.15) is 0 Å². The molecule has 1 N–H and O–H groups in total. The first-order valence-corrected chi connectivity index (χ1v) is 8.31. The van der Waals surface area contributed by atoms with Crippen LogP contribution in [-0.4, -0.2) is 40.5 Å². The number of likely N-dealkylation sites (N-methyl/N-ethyl adjacent to an activating group) is 1. The average Bonchev–Trinajstić information content (AvgIpc) is 3.07. The third kappa shape index (κ3) is 4.63. The molecule has 0 aliphatic rings. The number of carboxylic acids is 1. The predicted molar refractivity (Wildman–Crippen MR) is 89.9 cm³/mol. The van der Waals surface area contributed by atoms with Gasteiger partial charge in [-0.1, -0.05) is 25.1 Å². The molecule has 1 unspecified atom stereocenters. The minimum atomic E-state index is -0.959. The summed E-state index contributed by atoms with van der Waals surface area (Å²) in [5.41, 5.74) is 0.953. The highest BCUT2D eigenvalue weighted by Crippen LogP contribution is 2.19. The van der Waals surface area contributed by atoms with Gasteiger partial charge in [-0.3, -0.25) is 4.79 Å². The Bertz CT molecular complexity index is 670. The number of rotatable bonds is 7. The van der Waals surface area contributed by atoms with Crippen molar-refractivity contribution < 1.29 is 14.7 Å². The van der Waals surface area contributed by atoms with Gasteiger partial charge in [0, 0.05) is 37.5 Å². The molecule has 6 heteroatoms.